The zero-order valence-corrected chi connectivity index (χ0v) is 14.6. The lowest BCUT2D eigenvalue weighted by Gasteiger charge is -2.08. The Bertz CT molecular complexity index is 1100. The minimum Gasteiger partial charge on any atom is -0.496 e. The van der Waals surface area contributed by atoms with E-state index in [4.69, 9.17) is 4.74 Å². The Morgan fingerprint density at radius 3 is 2.72 bits per heavy atom. The number of nitrogens with one attached hydrogen (secondary N) is 1. The largest absolute Gasteiger partial charge is 0.496 e. The first kappa shape index (κ1) is 16.6. The van der Waals surface area contributed by atoms with Crippen molar-refractivity contribution >= 4 is 21.9 Å². The number of ether oxygens (including phenoxy) is 1. The first-order valence-electron chi connectivity index (χ1n) is 8.02. The summed E-state index contributed by atoms with van der Waals surface area (Å²) < 4.78 is 7.21. The number of H-pyrrole nitrogens is 1. The van der Waals surface area contributed by atoms with Crippen molar-refractivity contribution in [3.63, 3.8) is 0 Å². The van der Waals surface area contributed by atoms with Gasteiger partial charge in [0.25, 0.3) is 0 Å². The lowest BCUT2D eigenvalue weighted by atomic mass is 10.1. The number of aromatic amines is 1. The van der Waals surface area contributed by atoms with Gasteiger partial charge in [-0.2, -0.15) is 5.10 Å². The van der Waals surface area contributed by atoms with Gasteiger partial charge in [0, 0.05) is 30.8 Å². The van der Waals surface area contributed by atoms with Crippen LogP contribution in [0.2, 0.25) is 0 Å². The third-order valence-electron chi connectivity index (χ3n) is 3.65. The van der Waals surface area contributed by atoms with Crippen LogP contribution in [0.1, 0.15) is 13.8 Å². The molecule has 0 unspecified atom stereocenters. The van der Waals surface area contributed by atoms with Crippen LogP contribution in [-0.4, -0.2) is 31.8 Å². The molecule has 0 bridgehead atoms. The van der Waals surface area contributed by atoms with E-state index in [0.29, 0.717) is 22.6 Å². The third-order valence-corrected chi connectivity index (χ3v) is 3.65. The Morgan fingerprint density at radius 2 is 1.96 bits per heavy atom. The second-order valence-corrected chi connectivity index (χ2v) is 5.23. The highest BCUT2D eigenvalue weighted by Crippen LogP contribution is 2.32. The van der Waals surface area contributed by atoms with Gasteiger partial charge in [0.05, 0.1) is 35.4 Å². The van der Waals surface area contributed by atoms with Gasteiger partial charge in [0.1, 0.15) is 5.75 Å². The van der Waals surface area contributed by atoms with E-state index in [2.05, 4.69) is 20.1 Å². The molecule has 3 aromatic heterocycles. The molecule has 4 aromatic rings. The van der Waals surface area contributed by atoms with Crippen molar-refractivity contribution in [3.8, 4) is 17.1 Å². The fourth-order valence-corrected chi connectivity index (χ4v) is 2.60. The lowest BCUT2D eigenvalue weighted by Crippen LogP contribution is -2.04. The summed E-state index contributed by atoms with van der Waals surface area (Å²) in [5, 5.41) is 5.35. The number of pyridine rings is 1. The average Bonchev–Trinajstić information content (AvgIpc) is 3.00. The number of aromatic nitrogens is 5. The molecule has 0 saturated carbocycles. The molecule has 0 fully saturated rings. The van der Waals surface area contributed by atoms with Crippen molar-refractivity contribution in [2.24, 2.45) is 7.05 Å². The molecule has 25 heavy (non-hydrogen) atoms. The van der Waals surface area contributed by atoms with Gasteiger partial charge >= 0.3 is 0 Å². The maximum Gasteiger partial charge on any atom is 0.248 e. The highest BCUT2D eigenvalue weighted by Gasteiger charge is 2.13. The molecule has 0 aliphatic rings. The molecule has 0 atom stereocenters. The Labute approximate surface area is 144 Å². The Kier molecular flexibility index (Phi) is 4.47. The summed E-state index contributed by atoms with van der Waals surface area (Å²) in [4.78, 5) is 22.9. The summed E-state index contributed by atoms with van der Waals surface area (Å²) in [5.41, 5.74) is 2.72. The summed E-state index contributed by atoms with van der Waals surface area (Å²) in [6.45, 7) is 4.00. The zero-order chi connectivity index (χ0) is 18.0. The van der Waals surface area contributed by atoms with Gasteiger partial charge in [-0.15, -0.1) is 0 Å². The predicted octanol–water partition coefficient (Wildman–Crippen LogP) is 2.91. The molecule has 7 heteroatoms. The van der Waals surface area contributed by atoms with Gasteiger partial charge in [-0.05, 0) is 12.1 Å². The van der Waals surface area contributed by atoms with Crippen molar-refractivity contribution in [3.05, 3.63) is 47.0 Å². The monoisotopic (exact) mass is 337 g/mol. The summed E-state index contributed by atoms with van der Waals surface area (Å²) in [6.07, 6.45) is 3.53. The number of hydrogen-bond donors (Lipinski definition) is 1. The van der Waals surface area contributed by atoms with Gasteiger partial charge in [0.2, 0.25) is 5.56 Å². The molecule has 0 spiro atoms. The second-order valence-electron chi connectivity index (χ2n) is 5.23. The third kappa shape index (κ3) is 3.08. The highest BCUT2D eigenvalue weighted by molar-refractivity contribution is 5.87. The van der Waals surface area contributed by atoms with E-state index >= 15 is 0 Å². The van der Waals surface area contributed by atoms with Crippen molar-refractivity contribution in [2.45, 2.75) is 13.8 Å². The molecule has 128 valence electrons. The van der Waals surface area contributed by atoms with Crippen molar-refractivity contribution in [1.29, 1.82) is 0 Å². The van der Waals surface area contributed by atoms with Gasteiger partial charge in [-0.1, -0.05) is 13.8 Å². The fourth-order valence-electron chi connectivity index (χ4n) is 2.60. The molecule has 0 saturated heterocycles. The van der Waals surface area contributed by atoms with Crippen LogP contribution in [-0.2, 0) is 7.05 Å². The molecule has 3 heterocycles. The van der Waals surface area contributed by atoms with Crippen LogP contribution in [0.5, 0.6) is 5.75 Å². The number of rotatable bonds is 2. The van der Waals surface area contributed by atoms with Crippen LogP contribution >= 0.6 is 0 Å². The summed E-state index contributed by atoms with van der Waals surface area (Å²) in [7, 11) is 3.47. The average molecular weight is 337 g/mol. The van der Waals surface area contributed by atoms with E-state index in [1.54, 1.807) is 24.1 Å². The first-order chi connectivity index (χ1) is 12.1. The molecule has 0 radical (unpaired) electrons. The second kappa shape index (κ2) is 6.72. The maximum absolute atomic E-state index is 11.3. The van der Waals surface area contributed by atoms with E-state index in [1.165, 1.54) is 6.07 Å². The molecule has 0 aliphatic carbocycles. The Hall–Kier alpha value is -3.22. The highest BCUT2D eigenvalue weighted by atomic mass is 16.5. The van der Waals surface area contributed by atoms with Crippen LogP contribution in [0, 0.1) is 0 Å². The van der Waals surface area contributed by atoms with Crippen molar-refractivity contribution in [1.82, 2.24) is 24.7 Å². The molecular formula is C18H19N5O2. The summed E-state index contributed by atoms with van der Waals surface area (Å²) in [5.74, 6) is 1.19. The lowest BCUT2D eigenvalue weighted by molar-refractivity contribution is 0.416. The van der Waals surface area contributed by atoms with E-state index < -0.39 is 0 Å². The first-order valence-corrected chi connectivity index (χ1v) is 8.02. The molecule has 7 nitrogen and oxygen atoms in total. The van der Waals surface area contributed by atoms with Gasteiger partial charge in [0.15, 0.2) is 5.82 Å². The minimum atomic E-state index is -0.178. The van der Waals surface area contributed by atoms with Gasteiger partial charge in [-0.25, -0.2) is 9.97 Å². The van der Waals surface area contributed by atoms with E-state index in [0.717, 1.165) is 16.5 Å². The molecular weight excluding hydrogens is 318 g/mol. The SMILES string of the molecule is CC.COc1cc2nn(C)cc2cc1-c1ncc2[nH]c(=O)ccc2n1. The molecule has 0 amide bonds. The van der Waals surface area contributed by atoms with E-state index in [-0.39, 0.29) is 5.56 Å². The van der Waals surface area contributed by atoms with Crippen molar-refractivity contribution < 1.29 is 4.74 Å². The smallest absolute Gasteiger partial charge is 0.248 e. The van der Waals surface area contributed by atoms with Crippen LogP contribution in [0.4, 0.5) is 0 Å². The zero-order valence-electron chi connectivity index (χ0n) is 14.6. The topological polar surface area (TPSA) is 85.7 Å². The van der Waals surface area contributed by atoms with Gasteiger partial charge < -0.3 is 9.72 Å². The quantitative estimate of drug-likeness (QED) is 0.608. The Balaban J connectivity index is 0.000000880. The Morgan fingerprint density at radius 1 is 1.16 bits per heavy atom. The van der Waals surface area contributed by atoms with Crippen LogP contribution in [0.25, 0.3) is 33.3 Å². The van der Waals surface area contributed by atoms with Gasteiger partial charge in [-0.3, -0.25) is 9.48 Å². The fraction of sp³-hybridized carbons (Fsp3) is 0.222. The molecule has 4 rings (SSSR count). The van der Waals surface area contributed by atoms with Crippen molar-refractivity contribution in [2.75, 3.05) is 7.11 Å². The number of aryl methyl sites for hydroxylation is 1. The number of hydrogen-bond acceptors (Lipinski definition) is 5. The summed E-state index contributed by atoms with van der Waals surface area (Å²) >= 11 is 0. The van der Waals surface area contributed by atoms with Crippen LogP contribution < -0.4 is 10.3 Å². The normalized spacial score (nSPS) is 10.6. The predicted molar refractivity (Wildman–Crippen MR) is 97.8 cm³/mol. The van der Waals surface area contributed by atoms with E-state index in [1.807, 2.05) is 39.2 Å². The van der Waals surface area contributed by atoms with Crippen LogP contribution in [0.3, 0.4) is 0 Å². The standard InChI is InChI=1S/C16H13N5O2.C2H6/c1-21-8-9-5-10(14(23-2)6-12(9)20-21)16-17-7-13-11(19-16)3-4-15(22)18-13;1-2/h3-8H,1-2H3,(H,18,22);1-2H3. The summed E-state index contributed by atoms with van der Waals surface area (Å²) in [6, 6.07) is 6.94. The van der Waals surface area contributed by atoms with Crippen LogP contribution in [0.15, 0.2) is 41.5 Å². The number of methoxy groups -OCH3 is 1. The molecule has 1 aromatic carbocycles. The number of benzene rings is 1. The number of nitrogens with zero attached hydrogens (tertiary/aromatic N) is 4. The molecule has 1 N–H and O–H groups in total. The molecule has 0 aliphatic heterocycles. The minimum absolute atomic E-state index is 0.178. The number of fused-ring (bicyclic) bond motifs is 2. The van der Waals surface area contributed by atoms with E-state index in [9.17, 15) is 4.79 Å². The maximum atomic E-state index is 11.3.